The average Bonchev–Trinajstić information content (AvgIpc) is 2.39. The van der Waals surface area contributed by atoms with Gasteiger partial charge in [0.2, 0.25) is 0 Å². The third-order valence-corrected chi connectivity index (χ3v) is 5.57. The van der Waals surface area contributed by atoms with Crippen LogP contribution in [0.25, 0.3) is 0 Å². The van der Waals surface area contributed by atoms with E-state index in [9.17, 15) is 13.2 Å². The standard InChI is InChI=1S/C14H18N2O4S/c1-9-14(17)16-12-7-10(4-5-13(12)20-9)15-11-3-2-6-21(18,19)8-11/h4-5,7,9,11,15H,2-3,6,8H2,1H3,(H,16,17). The maximum absolute atomic E-state index is 11.6. The summed E-state index contributed by atoms with van der Waals surface area (Å²) in [6.07, 6.45) is 1.01. The van der Waals surface area contributed by atoms with Gasteiger partial charge in [-0.2, -0.15) is 0 Å². The first-order valence-corrected chi connectivity index (χ1v) is 8.84. The van der Waals surface area contributed by atoms with Crippen LogP contribution in [0.3, 0.4) is 0 Å². The number of carbonyl (C=O) groups is 1. The fraction of sp³-hybridized carbons (Fsp3) is 0.500. The first-order valence-electron chi connectivity index (χ1n) is 7.01. The second kappa shape index (κ2) is 5.22. The van der Waals surface area contributed by atoms with Crippen LogP contribution >= 0.6 is 0 Å². The molecular formula is C14H18N2O4S. The van der Waals surface area contributed by atoms with Gasteiger partial charge in [-0.1, -0.05) is 0 Å². The molecule has 3 rings (SSSR count). The maximum atomic E-state index is 11.6. The second-order valence-corrected chi connectivity index (χ2v) is 7.79. The first-order chi connectivity index (χ1) is 9.93. The van der Waals surface area contributed by atoms with Crippen molar-refractivity contribution in [2.75, 3.05) is 22.1 Å². The SMILES string of the molecule is CC1Oc2ccc(NC3CCCS(=O)(=O)C3)cc2NC1=O. The summed E-state index contributed by atoms with van der Waals surface area (Å²) < 4.78 is 28.8. The van der Waals surface area contributed by atoms with Crippen LogP contribution in [-0.4, -0.2) is 38.0 Å². The summed E-state index contributed by atoms with van der Waals surface area (Å²) in [5.74, 6) is 0.880. The van der Waals surface area contributed by atoms with E-state index in [-0.39, 0.29) is 23.5 Å². The molecule has 0 radical (unpaired) electrons. The largest absolute Gasteiger partial charge is 0.479 e. The molecule has 1 aromatic carbocycles. The van der Waals surface area contributed by atoms with Crippen molar-refractivity contribution in [1.29, 1.82) is 0 Å². The summed E-state index contributed by atoms with van der Waals surface area (Å²) in [6, 6.07) is 5.32. The number of benzene rings is 1. The predicted octanol–water partition coefficient (Wildman–Crippen LogP) is 1.40. The number of rotatable bonds is 2. The molecule has 1 fully saturated rings. The number of fused-ring (bicyclic) bond motifs is 1. The van der Waals surface area contributed by atoms with Gasteiger partial charge >= 0.3 is 0 Å². The van der Waals surface area contributed by atoms with E-state index in [0.29, 0.717) is 17.9 Å². The van der Waals surface area contributed by atoms with E-state index < -0.39 is 15.9 Å². The highest BCUT2D eigenvalue weighted by atomic mass is 32.2. The van der Waals surface area contributed by atoms with Crippen molar-refractivity contribution >= 4 is 27.1 Å². The van der Waals surface area contributed by atoms with Crippen LogP contribution in [0.1, 0.15) is 19.8 Å². The molecule has 2 aliphatic heterocycles. The number of ether oxygens (including phenoxy) is 1. The minimum absolute atomic E-state index is 0.0825. The van der Waals surface area contributed by atoms with Crippen molar-refractivity contribution in [3.8, 4) is 5.75 Å². The van der Waals surface area contributed by atoms with Crippen LogP contribution in [0.5, 0.6) is 5.75 Å². The van der Waals surface area contributed by atoms with Crippen LogP contribution < -0.4 is 15.4 Å². The van der Waals surface area contributed by atoms with Gasteiger partial charge in [0.1, 0.15) is 5.75 Å². The zero-order chi connectivity index (χ0) is 15.0. The van der Waals surface area contributed by atoms with Crippen molar-refractivity contribution in [3.05, 3.63) is 18.2 Å². The Labute approximate surface area is 123 Å². The summed E-state index contributed by atoms with van der Waals surface area (Å²) in [6.45, 7) is 1.69. The molecule has 2 unspecified atom stereocenters. The van der Waals surface area contributed by atoms with Gasteiger partial charge in [0.15, 0.2) is 15.9 Å². The number of amides is 1. The number of hydrogen-bond donors (Lipinski definition) is 2. The Morgan fingerprint density at radius 3 is 2.95 bits per heavy atom. The molecule has 0 bridgehead atoms. The third-order valence-electron chi connectivity index (χ3n) is 3.74. The van der Waals surface area contributed by atoms with Gasteiger partial charge in [0, 0.05) is 11.7 Å². The minimum atomic E-state index is -2.94. The van der Waals surface area contributed by atoms with E-state index in [1.165, 1.54) is 0 Å². The summed E-state index contributed by atoms with van der Waals surface area (Å²) in [5.41, 5.74) is 1.40. The quantitative estimate of drug-likeness (QED) is 0.862. The lowest BCUT2D eigenvalue weighted by molar-refractivity contribution is -0.122. The summed E-state index contributed by atoms with van der Waals surface area (Å²) in [4.78, 5) is 11.6. The van der Waals surface area contributed by atoms with Gasteiger partial charge in [0.25, 0.3) is 5.91 Å². The molecular weight excluding hydrogens is 292 g/mol. The van der Waals surface area contributed by atoms with E-state index >= 15 is 0 Å². The van der Waals surface area contributed by atoms with Crippen LogP contribution in [-0.2, 0) is 14.6 Å². The van der Waals surface area contributed by atoms with Crippen molar-refractivity contribution < 1.29 is 17.9 Å². The summed E-state index contributed by atoms with van der Waals surface area (Å²) in [7, 11) is -2.94. The van der Waals surface area contributed by atoms with Crippen molar-refractivity contribution in [2.45, 2.75) is 31.9 Å². The maximum Gasteiger partial charge on any atom is 0.265 e. The molecule has 2 atom stereocenters. The highest BCUT2D eigenvalue weighted by Crippen LogP contribution is 2.32. The van der Waals surface area contributed by atoms with Gasteiger partial charge in [-0.25, -0.2) is 8.42 Å². The zero-order valence-corrected chi connectivity index (χ0v) is 12.6. The number of nitrogens with one attached hydrogen (secondary N) is 2. The van der Waals surface area contributed by atoms with Crippen LogP contribution in [0.4, 0.5) is 11.4 Å². The molecule has 2 N–H and O–H groups in total. The van der Waals surface area contributed by atoms with Crippen LogP contribution in [0.15, 0.2) is 18.2 Å². The number of hydrogen-bond acceptors (Lipinski definition) is 5. The Balaban J connectivity index is 1.75. The molecule has 2 heterocycles. The van der Waals surface area contributed by atoms with E-state index in [0.717, 1.165) is 12.1 Å². The molecule has 0 aromatic heterocycles. The zero-order valence-electron chi connectivity index (χ0n) is 11.8. The first kappa shape index (κ1) is 14.2. The number of sulfone groups is 1. The van der Waals surface area contributed by atoms with E-state index in [2.05, 4.69) is 10.6 Å². The van der Waals surface area contributed by atoms with Gasteiger partial charge in [-0.3, -0.25) is 4.79 Å². The molecule has 7 heteroatoms. The molecule has 0 aliphatic carbocycles. The number of anilines is 2. The minimum Gasteiger partial charge on any atom is -0.479 e. The molecule has 1 amide bonds. The van der Waals surface area contributed by atoms with E-state index in [1.54, 1.807) is 19.1 Å². The van der Waals surface area contributed by atoms with Gasteiger partial charge in [-0.05, 0) is 38.0 Å². The molecule has 21 heavy (non-hydrogen) atoms. The lowest BCUT2D eigenvalue weighted by Gasteiger charge is -2.26. The molecule has 1 aromatic rings. The lowest BCUT2D eigenvalue weighted by atomic mass is 10.1. The monoisotopic (exact) mass is 310 g/mol. The lowest BCUT2D eigenvalue weighted by Crippen LogP contribution is -2.35. The highest BCUT2D eigenvalue weighted by Gasteiger charge is 2.26. The molecule has 0 saturated carbocycles. The summed E-state index contributed by atoms with van der Waals surface area (Å²) >= 11 is 0. The fourth-order valence-electron chi connectivity index (χ4n) is 2.67. The number of carbonyl (C=O) groups excluding carboxylic acids is 1. The molecule has 1 saturated heterocycles. The van der Waals surface area contributed by atoms with Crippen LogP contribution in [0, 0.1) is 0 Å². The Kier molecular flexibility index (Phi) is 3.52. The molecule has 6 nitrogen and oxygen atoms in total. The van der Waals surface area contributed by atoms with Gasteiger partial charge in [-0.15, -0.1) is 0 Å². The average molecular weight is 310 g/mol. The van der Waals surface area contributed by atoms with Gasteiger partial charge in [0.05, 0.1) is 17.2 Å². The molecule has 0 spiro atoms. The normalized spacial score (nSPS) is 27.2. The Bertz CT molecular complexity index is 672. The van der Waals surface area contributed by atoms with Gasteiger partial charge < -0.3 is 15.4 Å². The van der Waals surface area contributed by atoms with Crippen molar-refractivity contribution in [3.63, 3.8) is 0 Å². The molecule has 2 aliphatic rings. The second-order valence-electron chi connectivity index (χ2n) is 5.56. The third kappa shape index (κ3) is 3.12. The van der Waals surface area contributed by atoms with E-state index in [1.807, 2.05) is 6.07 Å². The Morgan fingerprint density at radius 2 is 2.19 bits per heavy atom. The van der Waals surface area contributed by atoms with Crippen molar-refractivity contribution in [2.24, 2.45) is 0 Å². The topological polar surface area (TPSA) is 84.5 Å². The van der Waals surface area contributed by atoms with E-state index in [4.69, 9.17) is 4.74 Å². The van der Waals surface area contributed by atoms with Crippen molar-refractivity contribution in [1.82, 2.24) is 0 Å². The smallest absolute Gasteiger partial charge is 0.265 e. The fourth-order valence-corrected chi connectivity index (χ4v) is 4.31. The predicted molar refractivity (Wildman–Crippen MR) is 80.5 cm³/mol. The highest BCUT2D eigenvalue weighted by molar-refractivity contribution is 7.91. The molecule has 114 valence electrons. The Morgan fingerprint density at radius 1 is 1.38 bits per heavy atom. The summed E-state index contributed by atoms with van der Waals surface area (Å²) in [5, 5.41) is 6.01. The Hall–Kier alpha value is -1.76. The van der Waals surface area contributed by atoms with Crippen LogP contribution in [0.2, 0.25) is 0 Å².